The van der Waals surface area contributed by atoms with E-state index in [1.54, 1.807) is 30.3 Å². The number of hydrogen-bond donors (Lipinski definition) is 2. The molecule has 2 N–H and O–H groups in total. The Labute approximate surface area is 157 Å². The average Bonchev–Trinajstić information content (AvgIpc) is 2.86. The van der Waals surface area contributed by atoms with Crippen molar-refractivity contribution in [3.63, 3.8) is 0 Å². The van der Waals surface area contributed by atoms with Crippen molar-refractivity contribution < 1.29 is 32.3 Å². The third kappa shape index (κ3) is 3.75. The third-order valence-corrected chi connectivity index (χ3v) is 4.11. The molecule has 1 unspecified atom stereocenters. The lowest BCUT2D eigenvalue weighted by atomic mass is 9.92. The van der Waals surface area contributed by atoms with Crippen LogP contribution < -0.4 is 15.5 Å². The Morgan fingerprint density at radius 1 is 1.07 bits per heavy atom. The third-order valence-electron chi connectivity index (χ3n) is 4.11. The molecule has 2 aromatic carbocycles. The fourth-order valence-electron chi connectivity index (χ4n) is 2.68. The summed E-state index contributed by atoms with van der Waals surface area (Å²) in [7, 11) is 0. The van der Waals surface area contributed by atoms with E-state index in [0.717, 1.165) is 24.3 Å². The van der Waals surface area contributed by atoms with Gasteiger partial charge < -0.3 is 10.1 Å². The minimum absolute atomic E-state index is 0.0663. The first-order chi connectivity index (χ1) is 13.1. The van der Waals surface area contributed by atoms with Crippen molar-refractivity contribution in [2.24, 2.45) is 0 Å². The van der Waals surface area contributed by atoms with Gasteiger partial charge in [0.1, 0.15) is 11.3 Å². The Bertz CT molecular complexity index is 916. The molecule has 1 fully saturated rings. The van der Waals surface area contributed by atoms with E-state index in [2.05, 4.69) is 15.5 Å². The fourth-order valence-corrected chi connectivity index (χ4v) is 2.68. The van der Waals surface area contributed by atoms with Crippen LogP contribution >= 0.6 is 0 Å². The van der Waals surface area contributed by atoms with Gasteiger partial charge in [-0.05, 0) is 36.8 Å². The van der Waals surface area contributed by atoms with Gasteiger partial charge in [0.05, 0.1) is 0 Å². The molecule has 4 amide bonds. The van der Waals surface area contributed by atoms with E-state index in [0.29, 0.717) is 10.6 Å². The van der Waals surface area contributed by atoms with Crippen LogP contribution in [0, 0.1) is 0 Å². The first kappa shape index (κ1) is 19.2. The van der Waals surface area contributed by atoms with Crippen LogP contribution in [0.5, 0.6) is 5.75 Å². The first-order valence-electron chi connectivity index (χ1n) is 7.99. The van der Waals surface area contributed by atoms with Crippen molar-refractivity contribution in [3.05, 3.63) is 65.7 Å². The molecule has 1 aliphatic heterocycles. The Hall–Kier alpha value is -3.56. The molecule has 1 saturated heterocycles. The fraction of sp³-hybridized carbons (Fsp3) is 0.167. The summed E-state index contributed by atoms with van der Waals surface area (Å²) in [6.45, 7) is 1.50. The summed E-state index contributed by atoms with van der Waals surface area (Å²) in [6.07, 6.45) is -4.86. The second-order valence-electron chi connectivity index (χ2n) is 6.07. The number of ether oxygens (including phenoxy) is 1. The number of halogens is 3. The maximum atomic E-state index is 12.7. The van der Waals surface area contributed by atoms with Crippen LogP contribution in [-0.4, -0.2) is 29.2 Å². The van der Waals surface area contributed by atoms with Crippen molar-refractivity contribution in [1.82, 2.24) is 15.8 Å². The summed E-state index contributed by atoms with van der Waals surface area (Å²) in [6, 6.07) is 11.7. The molecule has 3 rings (SSSR count). The topological polar surface area (TPSA) is 87.7 Å². The van der Waals surface area contributed by atoms with Crippen molar-refractivity contribution in [2.75, 3.05) is 0 Å². The van der Waals surface area contributed by atoms with Crippen LogP contribution in [0.3, 0.4) is 0 Å². The number of rotatable bonds is 4. The zero-order valence-electron chi connectivity index (χ0n) is 14.4. The molecule has 28 heavy (non-hydrogen) atoms. The van der Waals surface area contributed by atoms with Gasteiger partial charge in [-0.1, -0.05) is 30.3 Å². The SMILES string of the molecule is CC1(c2ccccc2)NC(=O)N(NC(=O)c2ccc(OC(F)(F)F)cc2)C1=O. The lowest BCUT2D eigenvalue weighted by Crippen LogP contribution is -2.47. The molecule has 0 saturated carbocycles. The predicted octanol–water partition coefficient (Wildman–Crippen LogP) is 2.70. The van der Waals surface area contributed by atoms with E-state index in [1.807, 2.05) is 0 Å². The highest BCUT2D eigenvalue weighted by Gasteiger charge is 2.50. The number of carbonyl (C=O) groups is 3. The molecule has 146 valence electrons. The van der Waals surface area contributed by atoms with E-state index in [9.17, 15) is 27.6 Å². The van der Waals surface area contributed by atoms with Gasteiger partial charge in [-0.15, -0.1) is 13.2 Å². The molecule has 0 radical (unpaired) electrons. The highest BCUT2D eigenvalue weighted by Crippen LogP contribution is 2.28. The Morgan fingerprint density at radius 3 is 2.25 bits per heavy atom. The molecule has 0 aliphatic carbocycles. The van der Waals surface area contributed by atoms with Gasteiger partial charge in [-0.25, -0.2) is 4.79 Å². The summed E-state index contributed by atoms with van der Waals surface area (Å²) in [4.78, 5) is 37.2. The number of hydrazine groups is 1. The molecular formula is C18H14F3N3O4. The number of benzene rings is 2. The summed E-state index contributed by atoms with van der Waals surface area (Å²) >= 11 is 0. The standard InChI is InChI=1S/C18H14F3N3O4/c1-17(12-5-3-2-4-6-12)15(26)24(16(27)22-17)23-14(25)11-7-9-13(10-8-11)28-18(19,20)21/h2-10H,1H3,(H,22,27)(H,23,25). The van der Waals surface area contributed by atoms with Gasteiger partial charge in [0.2, 0.25) is 0 Å². The van der Waals surface area contributed by atoms with E-state index in [4.69, 9.17) is 0 Å². The van der Waals surface area contributed by atoms with E-state index >= 15 is 0 Å². The Balaban J connectivity index is 1.74. The molecule has 1 heterocycles. The van der Waals surface area contributed by atoms with Crippen LogP contribution in [0.15, 0.2) is 54.6 Å². The number of amides is 4. The highest BCUT2D eigenvalue weighted by molar-refractivity contribution is 6.09. The number of alkyl halides is 3. The molecule has 0 spiro atoms. The van der Waals surface area contributed by atoms with E-state index in [1.165, 1.54) is 6.92 Å². The van der Waals surface area contributed by atoms with Gasteiger partial charge in [0.15, 0.2) is 0 Å². The minimum atomic E-state index is -4.86. The highest BCUT2D eigenvalue weighted by atomic mass is 19.4. The smallest absolute Gasteiger partial charge is 0.406 e. The Kier molecular flexibility index (Phi) is 4.72. The molecule has 2 aromatic rings. The van der Waals surface area contributed by atoms with Crippen LogP contribution in [0.2, 0.25) is 0 Å². The second kappa shape index (κ2) is 6.87. The summed E-state index contributed by atoms with van der Waals surface area (Å²) in [5, 5.41) is 3.05. The van der Waals surface area contributed by atoms with Crippen molar-refractivity contribution in [3.8, 4) is 5.75 Å². The van der Waals surface area contributed by atoms with Gasteiger partial charge >= 0.3 is 12.4 Å². The lowest BCUT2D eigenvalue weighted by Gasteiger charge is -2.22. The number of urea groups is 1. The lowest BCUT2D eigenvalue weighted by molar-refractivity contribution is -0.274. The summed E-state index contributed by atoms with van der Waals surface area (Å²) in [5.41, 5.74) is 1.25. The molecule has 0 bridgehead atoms. The van der Waals surface area contributed by atoms with Crippen LogP contribution in [0.4, 0.5) is 18.0 Å². The zero-order chi connectivity index (χ0) is 20.5. The number of imide groups is 1. The second-order valence-corrected chi connectivity index (χ2v) is 6.07. The quantitative estimate of drug-likeness (QED) is 0.782. The minimum Gasteiger partial charge on any atom is -0.406 e. The van der Waals surface area contributed by atoms with Gasteiger partial charge in [-0.2, -0.15) is 5.01 Å². The molecule has 1 atom stereocenters. The predicted molar refractivity (Wildman–Crippen MR) is 89.8 cm³/mol. The van der Waals surface area contributed by atoms with Crippen LogP contribution in [0.25, 0.3) is 0 Å². The monoisotopic (exact) mass is 393 g/mol. The maximum absolute atomic E-state index is 12.7. The summed E-state index contributed by atoms with van der Waals surface area (Å²) < 4.78 is 40.3. The van der Waals surface area contributed by atoms with E-state index < -0.39 is 35.5 Å². The van der Waals surface area contributed by atoms with Crippen molar-refractivity contribution >= 4 is 17.8 Å². The zero-order valence-corrected chi connectivity index (χ0v) is 14.4. The van der Waals surface area contributed by atoms with E-state index in [-0.39, 0.29) is 5.56 Å². The number of carbonyl (C=O) groups excluding carboxylic acids is 3. The van der Waals surface area contributed by atoms with Gasteiger partial charge in [0.25, 0.3) is 11.8 Å². The number of nitrogens with one attached hydrogen (secondary N) is 2. The average molecular weight is 393 g/mol. The van der Waals surface area contributed by atoms with Crippen molar-refractivity contribution in [2.45, 2.75) is 18.8 Å². The first-order valence-corrected chi connectivity index (χ1v) is 7.99. The molecular weight excluding hydrogens is 379 g/mol. The molecule has 7 nitrogen and oxygen atoms in total. The molecule has 0 aromatic heterocycles. The number of hydrogen-bond acceptors (Lipinski definition) is 4. The van der Waals surface area contributed by atoms with Gasteiger partial charge in [-0.3, -0.25) is 15.0 Å². The number of nitrogens with zero attached hydrogens (tertiary/aromatic N) is 1. The normalized spacial score (nSPS) is 19.4. The van der Waals surface area contributed by atoms with Gasteiger partial charge in [0, 0.05) is 5.56 Å². The summed E-state index contributed by atoms with van der Waals surface area (Å²) in [5.74, 6) is -2.05. The maximum Gasteiger partial charge on any atom is 0.573 e. The van der Waals surface area contributed by atoms with Crippen LogP contribution in [0.1, 0.15) is 22.8 Å². The van der Waals surface area contributed by atoms with Crippen LogP contribution in [-0.2, 0) is 10.3 Å². The largest absolute Gasteiger partial charge is 0.573 e. The Morgan fingerprint density at radius 2 is 1.68 bits per heavy atom. The van der Waals surface area contributed by atoms with Crippen molar-refractivity contribution in [1.29, 1.82) is 0 Å². The molecule has 10 heteroatoms. The molecule has 1 aliphatic rings.